The van der Waals surface area contributed by atoms with Crippen LogP contribution in [-0.2, 0) is 11.2 Å². The number of fused-ring (bicyclic) bond motifs is 1. The lowest BCUT2D eigenvalue weighted by Gasteiger charge is -2.06. The number of aromatic amines is 1. The Labute approximate surface area is 154 Å². The fraction of sp³-hybridized carbons (Fsp3) is 0.0588. The van der Waals surface area contributed by atoms with E-state index in [0.717, 1.165) is 17.0 Å². The van der Waals surface area contributed by atoms with Gasteiger partial charge in [-0.15, -0.1) is 11.3 Å². The number of amides is 1. The highest BCUT2D eigenvalue weighted by atomic mass is 32.1. The maximum Gasteiger partial charge on any atom is 0.290 e. The molecule has 4 rings (SSSR count). The number of benzene rings is 1. The normalized spacial score (nSPS) is 11.0. The number of aromatic nitrogens is 4. The first-order chi connectivity index (χ1) is 13.0. The van der Waals surface area contributed by atoms with Crippen LogP contribution in [0.3, 0.4) is 0 Å². The molecule has 1 aromatic carbocycles. The van der Waals surface area contributed by atoms with E-state index >= 15 is 0 Å². The second kappa shape index (κ2) is 6.72. The number of H-pyrrole nitrogens is 1. The van der Waals surface area contributed by atoms with Crippen LogP contribution in [-0.4, -0.2) is 25.7 Å². The van der Waals surface area contributed by atoms with E-state index in [2.05, 4.69) is 20.6 Å². The molecule has 2 N–H and O–H groups in total. The van der Waals surface area contributed by atoms with E-state index in [0.29, 0.717) is 5.69 Å². The van der Waals surface area contributed by atoms with Gasteiger partial charge in [0.2, 0.25) is 5.91 Å². The molecule has 0 aliphatic rings. The molecule has 136 valence electrons. The van der Waals surface area contributed by atoms with Crippen molar-refractivity contribution in [1.82, 2.24) is 19.8 Å². The van der Waals surface area contributed by atoms with Crippen molar-refractivity contribution in [3.05, 3.63) is 69.6 Å². The highest BCUT2D eigenvalue weighted by molar-refractivity contribution is 7.13. The van der Waals surface area contributed by atoms with Crippen molar-refractivity contribution in [3.8, 4) is 10.6 Å². The van der Waals surface area contributed by atoms with Gasteiger partial charge in [0.15, 0.2) is 17.5 Å². The summed E-state index contributed by atoms with van der Waals surface area (Å²) in [6, 6.07) is 8.39. The van der Waals surface area contributed by atoms with E-state index in [4.69, 9.17) is 0 Å². The number of thiophene rings is 1. The number of carbonyl (C=O) groups excluding carboxylic acids is 1. The van der Waals surface area contributed by atoms with Gasteiger partial charge in [0.25, 0.3) is 5.56 Å². The number of hydrogen-bond acceptors (Lipinski definition) is 5. The van der Waals surface area contributed by atoms with Gasteiger partial charge in [-0.3, -0.25) is 9.59 Å². The van der Waals surface area contributed by atoms with Gasteiger partial charge in [-0.1, -0.05) is 6.07 Å². The number of nitrogens with zero attached hydrogens (tertiary/aromatic N) is 3. The van der Waals surface area contributed by atoms with E-state index in [1.807, 2.05) is 17.5 Å². The molecule has 1 amide bonds. The number of anilines is 1. The molecule has 0 fully saturated rings. The van der Waals surface area contributed by atoms with Crippen LogP contribution in [0, 0.1) is 11.6 Å². The van der Waals surface area contributed by atoms with E-state index in [1.165, 1.54) is 21.9 Å². The largest absolute Gasteiger partial charge is 0.326 e. The first-order valence-electron chi connectivity index (χ1n) is 7.77. The van der Waals surface area contributed by atoms with Gasteiger partial charge in [0.05, 0.1) is 11.3 Å². The van der Waals surface area contributed by atoms with Gasteiger partial charge < -0.3 is 5.32 Å². The van der Waals surface area contributed by atoms with Crippen molar-refractivity contribution in [2.45, 2.75) is 6.42 Å². The fourth-order valence-corrected chi connectivity index (χ4v) is 3.22. The lowest BCUT2D eigenvalue weighted by Crippen LogP contribution is -2.22. The highest BCUT2D eigenvalue weighted by Crippen LogP contribution is 2.23. The number of hydrogen-bond donors (Lipinski definition) is 2. The average molecular weight is 387 g/mol. The second-order valence-electron chi connectivity index (χ2n) is 5.63. The molecule has 0 atom stereocenters. The Balaban J connectivity index is 1.63. The maximum absolute atomic E-state index is 13.3. The summed E-state index contributed by atoms with van der Waals surface area (Å²) in [7, 11) is 0. The smallest absolute Gasteiger partial charge is 0.290 e. The Hall–Kier alpha value is -3.40. The fourth-order valence-electron chi connectivity index (χ4n) is 2.54. The standard InChI is InChI=1S/C17H11F2N5O2S/c18-10-4-3-9(6-11(10)19)20-16(25)8-15-21-22-17(26)13-7-12(23-24(13)15)14-2-1-5-27-14/h1-7H,8H2,(H,20,25)(H,22,26). The predicted molar refractivity (Wildman–Crippen MR) is 95.6 cm³/mol. The van der Waals surface area contributed by atoms with Crippen LogP contribution < -0.4 is 10.9 Å². The van der Waals surface area contributed by atoms with Crippen LogP contribution in [0.1, 0.15) is 5.82 Å². The monoisotopic (exact) mass is 387 g/mol. The van der Waals surface area contributed by atoms with Crippen LogP contribution in [0.4, 0.5) is 14.5 Å². The SMILES string of the molecule is O=C(Cc1n[nH]c(=O)c2cc(-c3cccs3)nn12)Nc1ccc(F)c(F)c1. The minimum absolute atomic E-state index is 0.110. The van der Waals surface area contributed by atoms with Gasteiger partial charge in [-0.25, -0.2) is 18.4 Å². The lowest BCUT2D eigenvalue weighted by molar-refractivity contribution is -0.115. The number of carbonyl (C=O) groups is 1. The average Bonchev–Trinajstić information content (AvgIpc) is 3.30. The molecule has 0 radical (unpaired) electrons. The van der Waals surface area contributed by atoms with Gasteiger partial charge in [0.1, 0.15) is 11.2 Å². The number of nitrogens with one attached hydrogen (secondary N) is 2. The summed E-state index contributed by atoms with van der Waals surface area (Å²) < 4.78 is 27.5. The van der Waals surface area contributed by atoms with E-state index in [1.54, 1.807) is 6.07 Å². The van der Waals surface area contributed by atoms with E-state index in [-0.39, 0.29) is 23.4 Å². The van der Waals surface area contributed by atoms with Crippen molar-refractivity contribution < 1.29 is 13.6 Å². The summed E-state index contributed by atoms with van der Waals surface area (Å²) in [5.41, 5.74) is 0.518. The zero-order valence-electron chi connectivity index (χ0n) is 13.6. The maximum atomic E-state index is 13.3. The van der Waals surface area contributed by atoms with Gasteiger partial charge in [-0.2, -0.15) is 10.2 Å². The molecule has 0 aliphatic carbocycles. The van der Waals surface area contributed by atoms with E-state index < -0.39 is 23.1 Å². The molecule has 0 unspecified atom stereocenters. The third-order valence-electron chi connectivity index (χ3n) is 3.77. The van der Waals surface area contributed by atoms with Crippen LogP contribution in [0.25, 0.3) is 16.1 Å². The lowest BCUT2D eigenvalue weighted by atomic mass is 10.3. The van der Waals surface area contributed by atoms with Crippen molar-refractivity contribution in [3.63, 3.8) is 0 Å². The minimum atomic E-state index is -1.06. The molecular weight excluding hydrogens is 376 g/mol. The number of halogens is 2. The zero-order valence-corrected chi connectivity index (χ0v) is 14.4. The van der Waals surface area contributed by atoms with Crippen molar-refractivity contribution >= 4 is 28.4 Å². The van der Waals surface area contributed by atoms with Gasteiger partial charge >= 0.3 is 0 Å². The quantitative estimate of drug-likeness (QED) is 0.563. The molecule has 7 nitrogen and oxygen atoms in total. The minimum Gasteiger partial charge on any atom is -0.326 e. The third kappa shape index (κ3) is 3.34. The second-order valence-corrected chi connectivity index (χ2v) is 6.57. The molecule has 3 aromatic heterocycles. The molecule has 10 heteroatoms. The summed E-state index contributed by atoms with van der Waals surface area (Å²) in [4.78, 5) is 25.1. The molecule has 27 heavy (non-hydrogen) atoms. The molecule has 0 saturated heterocycles. The molecule has 0 saturated carbocycles. The van der Waals surface area contributed by atoms with E-state index in [9.17, 15) is 18.4 Å². The topological polar surface area (TPSA) is 92.2 Å². The third-order valence-corrected chi connectivity index (χ3v) is 4.66. The van der Waals surface area contributed by atoms with Crippen LogP contribution >= 0.6 is 11.3 Å². The molecule has 4 aromatic rings. The Bertz CT molecular complexity index is 1200. The van der Waals surface area contributed by atoms with Crippen molar-refractivity contribution in [1.29, 1.82) is 0 Å². The Morgan fingerprint density at radius 1 is 1.22 bits per heavy atom. The van der Waals surface area contributed by atoms with Crippen molar-refractivity contribution in [2.24, 2.45) is 0 Å². The summed E-state index contributed by atoms with van der Waals surface area (Å²) in [5, 5.41) is 14.9. The van der Waals surface area contributed by atoms with Crippen LogP contribution in [0.15, 0.2) is 46.6 Å². The van der Waals surface area contributed by atoms with Crippen LogP contribution in [0.2, 0.25) is 0 Å². The first-order valence-corrected chi connectivity index (χ1v) is 8.65. The molecule has 0 aliphatic heterocycles. The predicted octanol–water partition coefficient (Wildman–Crippen LogP) is 2.61. The van der Waals surface area contributed by atoms with Gasteiger partial charge in [-0.05, 0) is 29.6 Å². The number of rotatable bonds is 4. The summed E-state index contributed by atoms with van der Waals surface area (Å²) in [6.45, 7) is 0. The zero-order chi connectivity index (χ0) is 19.0. The molecule has 3 heterocycles. The van der Waals surface area contributed by atoms with Crippen LogP contribution in [0.5, 0.6) is 0 Å². The summed E-state index contributed by atoms with van der Waals surface area (Å²) in [5.74, 6) is -2.39. The Kier molecular flexibility index (Phi) is 4.24. The Morgan fingerprint density at radius 2 is 2.07 bits per heavy atom. The highest BCUT2D eigenvalue weighted by Gasteiger charge is 2.15. The first kappa shape index (κ1) is 17.0. The molecule has 0 bridgehead atoms. The van der Waals surface area contributed by atoms with Crippen molar-refractivity contribution in [2.75, 3.05) is 5.32 Å². The summed E-state index contributed by atoms with van der Waals surface area (Å²) >= 11 is 1.47. The molecular formula is C17H11F2N5O2S. The molecule has 0 spiro atoms. The van der Waals surface area contributed by atoms with Gasteiger partial charge in [0, 0.05) is 11.8 Å². The summed E-state index contributed by atoms with van der Waals surface area (Å²) in [6.07, 6.45) is -0.224. The Morgan fingerprint density at radius 3 is 2.81 bits per heavy atom.